The number of carbonyl (C=O) groups excluding carboxylic acids is 2. The van der Waals surface area contributed by atoms with E-state index in [1.54, 1.807) is 7.11 Å². The van der Waals surface area contributed by atoms with Crippen LogP contribution in [0.1, 0.15) is 19.8 Å². The molecule has 0 saturated carbocycles. The number of rotatable bonds is 6. The summed E-state index contributed by atoms with van der Waals surface area (Å²) >= 11 is 0. The summed E-state index contributed by atoms with van der Waals surface area (Å²) in [5.74, 6) is -0.101. The van der Waals surface area contributed by atoms with Crippen LogP contribution in [-0.4, -0.2) is 50.7 Å². The topological polar surface area (TPSA) is 79.5 Å². The second kappa shape index (κ2) is 7.24. The normalized spacial score (nSPS) is 23.4. The molecule has 2 amide bonds. The summed E-state index contributed by atoms with van der Waals surface area (Å²) in [5.41, 5.74) is 0. The molecule has 1 rings (SSSR count). The monoisotopic (exact) mass is 243 g/mol. The Balaban J connectivity index is 2.15. The van der Waals surface area contributed by atoms with E-state index < -0.39 is 0 Å². The molecule has 1 heterocycles. The molecule has 6 heteroatoms. The predicted molar refractivity (Wildman–Crippen MR) is 63.5 cm³/mol. The van der Waals surface area contributed by atoms with Gasteiger partial charge in [0.1, 0.15) is 0 Å². The van der Waals surface area contributed by atoms with Crippen molar-refractivity contribution in [2.75, 3.05) is 26.7 Å². The van der Waals surface area contributed by atoms with E-state index in [1.807, 2.05) is 6.92 Å². The first kappa shape index (κ1) is 13.9. The highest BCUT2D eigenvalue weighted by Gasteiger charge is 2.28. The molecule has 1 aliphatic heterocycles. The molecule has 0 aliphatic carbocycles. The molecule has 0 aromatic carbocycles. The lowest BCUT2D eigenvalue weighted by Gasteiger charge is -2.11. The summed E-state index contributed by atoms with van der Waals surface area (Å²) in [6.07, 6.45) is 1.11. The third-order valence-corrected chi connectivity index (χ3v) is 2.77. The third kappa shape index (κ3) is 4.70. The van der Waals surface area contributed by atoms with Crippen LogP contribution in [0.15, 0.2) is 0 Å². The second-order valence-corrected chi connectivity index (χ2v) is 4.05. The fraction of sp³-hybridized carbons (Fsp3) is 0.818. The van der Waals surface area contributed by atoms with Gasteiger partial charge in [-0.1, -0.05) is 0 Å². The fourth-order valence-corrected chi connectivity index (χ4v) is 1.79. The van der Waals surface area contributed by atoms with E-state index in [0.29, 0.717) is 32.5 Å². The minimum absolute atomic E-state index is 0.0399. The lowest BCUT2D eigenvalue weighted by atomic mass is 10.2. The maximum absolute atomic E-state index is 11.7. The van der Waals surface area contributed by atoms with Crippen molar-refractivity contribution in [1.82, 2.24) is 16.0 Å². The number of carbonyl (C=O) groups is 2. The van der Waals surface area contributed by atoms with Gasteiger partial charge in [0.25, 0.3) is 0 Å². The van der Waals surface area contributed by atoms with E-state index in [1.165, 1.54) is 0 Å². The van der Waals surface area contributed by atoms with Crippen molar-refractivity contribution in [3.05, 3.63) is 0 Å². The smallest absolute Gasteiger partial charge is 0.237 e. The SMILES string of the molecule is CCNC(=O)CCNC(=O)C1CC(OC)CN1. The average Bonchev–Trinajstić information content (AvgIpc) is 2.77. The third-order valence-electron chi connectivity index (χ3n) is 2.77. The van der Waals surface area contributed by atoms with Gasteiger partial charge in [-0.2, -0.15) is 0 Å². The number of hydrogen-bond donors (Lipinski definition) is 3. The van der Waals surface area contributed by atoms with Crippen molar-refractivity contribution in [3.63, 3.8) is 0 Å². The highest BCUT2D eigenvalue weighted by Crippen LogP contribution is 2.09. The van der Waals surface area contributed by atoms with Gasteiger partial charge in [-0.3, -0.25) is 9.59 Å². The van der Waals surface area contributed by atoms with E-state index in [-0.39, 0.29) is 24.0 Å². The molecule has 1 aliphatic rings. The Morgan fingerprint density at radius 2 is 2.18 bits per heavy atom. The Hall–Kier alpha value is -1.14. The van der Waals surface area contributed by atoms with Crippen LogP contribution < -0.4 is 16.0 Å². The standard InChI is InChI=1S/C11H21N3O3/c1-3-12-10(15)4-5-13-11(16)9-6-8(17-2)7-14-9/h8-9,14H,3-7H2,1-2H3,(H,12,15)(H,13,16). The van der Waals surface area contributed by atoms with Crippen LogP contribution in [0.4, 0.5) is 0 Å². The molecule has 2 unspecified atom stereocenters. The van der Waals surface area contributed by atoms with Crippen molar-refractivity contribution in [1.29, 1.82) is 0 Å². The molecular weight excluding hydrogens is 222 g/mol. The van der Waals surface area contributed by atoms with Crippen LogP contribution in [0.3, 0.4) is 0 Å². The first-order valence-corrected chi connectivity index (χ1v) is 5.98. The largest absolute Gasteiger partial charge is 0.380 e. The van der Waals surface area contributed by atoms with Gasteiger partial charge >= 0.3 is 0 Å². The first-order valence-electron chi connectivity index (χ1n) is 5.98. The van der Waals surface area contributed by atoms with Gasteiger partial charge in [0.15, 0.2) is 0 Å². The zero-order valence-corrected chi connectivity index (χ0v) is 10.4. The number of ether oxygens (including phenoxy) is 1. The van der Waals surface area contributed by atoms with Gasteiger partial charge in [0, 0.05) is 33.2 Å². The highest BCUT2D eigenvalue weighted by molar-refractivity contribution is 5.83. The van der Waals surface area contributed by atoms with Crippen LogP contribution in [0.25, 0.3) is 0 Å². The summed E-state index contributed by atoms with van der Waals surface area (Å²) in [5, 5.41) is 8.50. The van der Waals surface area contributed by atoms with Crippen LogP contribution in [0.5, 0.6) is 0 Å². The van der Waals surface area contributed by atoms with E-state index in [9.17, 15) is 9.59 Å². The molecule has 0 aromatic heterocycles. The Bertz CT molecular complexity index is 271. The maximum Gasteiger partial charge on any atom is 0.237 e. The van der Waals surface area contributed by atoms with Crippen LogP contribution in [-0.2, 0) is 14.3 Å². The van der Waals surface area contributed by atoms with Crippen LogP contribution in [0.2, 0.25) is 0 Å². The molecule has 0 spiro atoms. The molecule has 1 fully saturated rings. The number of amides is 2. The van der Waals surface area contributed by atoms with Crippen molar-refractivity contribution < 1.29 is 14.3 Å². The molecule has 6 nitrogen and oxygen atoms in total. The quantitative estimate of drug-likeness (QED) is 0.559. The maximum atomic E-state index is 11.7. The number of nitrogens with one attached hydrogen (secondary N) is 3. The first-order chi connectivity index (χ1) is 8.17. The van der Waals surface area contributed by atoms with E-state index in [4.69, 9.17) is 4.74 Å². The molecular formula is C11H21N3O3. The van der Waals surface area contributed by atoms with Crippen LogP contribution in [0, 0.1) is 0 Å². The van der Waals surface area contributed by atoms with Crippen LogP contribution >= 0.6 is 0 Å². The predicted octanol–water partition coefficient (Wildman–Crippen LogP) is -0.994. The zero-order valence-electron chi connectivity index (χ0n) is 10.4. The number of methoxy groups -OCH3 is 1. The Kier molecular flexibility index (Phi) is 5.93. The molecule has 0 radical (unpaired) electrons. The Morgan fingerprint density at radius 3 is 2.76 bits per heavy atom. The lowest BCUT2D eigenvalue weighted by molar-refractivity contribution is -0.123. The van der Waals surface area contributed by atoms with Crippen molar-refractivity contribution in [2.24, 2.45) is 0 Å². The van der Waals surface area contributed by atoms with Crippen molar-refractivity contribution in [3.8, 4) is 0 Å². The van der Waals surface area contributed by atoms with Crippen molar-refractivity contribution >= 4 is 11.8 Å². The summed E-state index contributed by atoms with van der Waals surface area (Å²) in [4.78, 5) is 22.8. The van der Waals surface area contributed by atoms with Gasteiger partial charge in [-0.05, 0) is 13.3 Å². The fourth-order valence-electron chi connectivity index (χ4n) is 1.79. The highest BCUT2D eigenvalue weighted by atomic mass is 16.5. The van der Waals surface area contributed by atoms with E-state index in [0.717, 1.165) is 0 Å². The van der Waals surface area contributed by atoms with Crippen molar-refractivity contribution in [2.45, 2.75) is 31.9 Å². The summed E-state index contributed by atoms with van der Waals surface area (Å²) in [7, 11) is 1.64. The van der Waals surface area contributed by atoms with Gasteiger partial charge in [0.2, 0.25) is 11.8 Å². The van der Waals surface area contributed by atoms with Gasteiger partial charge in [-0.15, -0.1) is 0 Å². The summed E-state index contributed by atoms with van der Waals surface area (Å²) in [6, 6.07) is -0.200. The minimum Gasteiger partial charge on any atom is -0.380 e. The Labute approximate surface area is 101 Å². The molecule has 98 valence electrons. The number of hydrogen-bond acceptors (Lipinski definition) is 4. The Morgan fingerprint density at radius 1 is 1.41 bits per heavy atom. The average molecular weight is 243 g/mol. The summed E-state index contributed by atoms with van der Waals surface area (Å²) < 4.78 is 5.16. The van der Waals surface area contributed by atoms with Gasteiger partial charge < -0.3 is 20.7 Å². The van der Waals surface area contributed by atoms with Gasteiger partial charge in [0.05, 0.1) is 12.1 Å². The zero-order chi connectivity index (χ0) is 12.7. The minimum atomic E-state index is -0.200. The molecule has 2 atom stereocenters. The molecule has 17 heavy (non-hydrogen) atoms. The molecule has 0 bridgehead atoms. The van der Waals surface area contributed by atoms with Gasteiger partial charge in [-0.25, -0.2) is 0 Å². The second-order valence-electron chi connectivity index (χ2n) is 4.05. The lowest BCUT2D eigenvalue weighted by Crippen LogP contribution is -2.41. The van der Waals surface area contributed by atoms with E-state index >= 15 is 0 Å². The molecule has 3 N–H and O–H groups in total. The van der Waals surface area contributed by atoms with E-state index in [2.05, 4.69) is 16.0 Å². The molecule has 1 saturated heterocycles. The summed E-state index contributed by atoms with van der Waals surface area (Å²) in [6.45, 7) is 3.56. The molecule has 0 aromatic rings.